The minimum Gasteiger partial charge on any atom is -0.463 e. The number of carbonyl (C=O) groups is 1. The Bertz CT molecular complexity index is 1020. The van der Waals surface area contributed by atoms with Crippen LogP contribution in [0.4, 0.5) is 8.78 Å². The third kappa shape index (κ3) is 3.43. The summed E-state index contributed by atoms with van der Waals surface area (Å²) in [6.45, 7) is 3.56. The number of amides is 1. The molecular weight excluding hydrogens is 368 g/mol. The van der Waals surface area contributed by atoms with E-state index in [0.29, 0.717) is 37.2 Å². The zero-order valence-electron chi connectivity index (χ0n) is 15.3. The molecular formula is C20H19F2N3O3. The van der Waals surface area contributed by atoms with E-state index in [1.54, 1.807) is 30.0 Å². The molecule has 2 aromatic carbocycles. The number of carbonyl (C=O) groups excluding carboxylic acids is 1. The predicted octanol–water partition coefficient (Wildman–Crippen LogP) is 2.93. The van der Waals surface area contributed by atoms with E-state index in [1.165, 1.54) is 28.9 Å². The predicted molar refractivity (Wildman–Crippen MR) is 98.5 cm³/mol. The minimum atomic E-state index is -0.825. The molecule has 1 fully saturated rings. The van der Waals surface area contributed by atoms with Gasteiger partial charge >= 0.3 is 0 Å². The Balaban J connectivity index is 1.70. The van der Waals surface area contributed by atoms with Gasteiger partial charge in [-0.25, -0.2) is 13.5 Å². The van der Waals surface area contributed by atoms with Crippen molar-refractivity contribution in [3.63, 3.8) is 0 Å². The van der Waals surface area contributed by atoms with Crippen molar-refractivity contribution < 1.29 is 23.0 Å². The first kappa shape index (κ1) is 18.4. The third-order valence-electron chi connectivity index (χ3n) is 4.65. The molecule has 1 amide bonds. The number of benzene rings is 2. The molecule has 4 rings (SSSR count). The Kier molecular flexibility index (Phi) is 4.95. The van der Waals surface area contributed by atoms with Gasteiger partial charge in [-0.1, -0.05) is 12.1 Å². The second-order valence-corrected chi connectivity index (χ2v) is 6.53. The standard InChI is InChI=1S/C20H19F2N3O3/c1-13(20(26)24-8-10-27-11-9-24)28-19-15-12-14(21)6-7-17(15)25(23-19)18-5-3-2-4-16(18)22/h2-7,12-13H,8-11H2,1H3. The maximum absolute atomic E-state index is 14.3. The van der Waals surface area contributed by atoms with Crippen LogP contribution in [-0.2, 0) is 9.53 Å². The Hall–Kier alpha value is -3.00. The zero-order valence-corrected chi connectivity index (χ0v) is 15.3. The monoisotopic (exact) mass is 387 g/mol. The number of fused-ring (bicyclic) bond motifs is 1. The molecule has 1 saturated heterocycles. The van der Waals surface area contributed by atoms with E-state index < -0.39 is 17.7 Å². The van der Waals surface area contributed by atoms with E-state index in [0.717, 1.165) is 0 Å². The number of rotatable bonds is 4. The molecule has 146 valence electrons. The second kappa shape index (κ2) is 7.55. The van der Waals surface area contributed by atoms with Crippen molar-refractivity contribution in [3.8, 4) is 11.6 Å². The maximum atomic E-state index is 14.3. The van der Waals surface area contributed by atoms with Crippen LogP contribution < -0.4 is 4.74 Å². The van der Waals surface area contributed by atoms with Crippen molar-refractivity contribution in [1.82, 2.24) is 14.7 Å². The summed E-state index contributed by atoms with van der Waals surface area (Å²) >= 11 is 0. The SMILES string of the molecule is CC(Oc1nn(-c2ccccc2F)c2ccc(F)cc12)C(=O)N1CCOCC1. The first-order valence-corrected chi connectivity index (χ1v) is 9.01. The average molecular weight is 387 g/mol. The Morgan fingerprint density at radius 2 is 1.93 bits per heavy atom. The van der Waals surface area contributed by atoms with Gasteiger partial charge in [-0.05, 0) is 37.3 Å². The normalized spacial score (nSPS) is 15.6. The molecule has 0 bridgehead atoms. The number of para-hydroxylation sites is 1. The molecule has 28 heavy (non-hydrogen) atoms. The van der Waals surface area contributed by atoms with Crippen LogP contribution in [0, 0.1) is 11.6 Å². The van der Waals surface area contributed by atoms with Crippen molar-refractivity contribution in [3.05, 3.63) is 54.1 Å². The quantitative estimate of drug-likeness (QED) is 0.691. The molecule has 1 aromatic heterocycles. The topological polar surface area (TPSA) is 56.6 Å². The van der Waals surface area contributed by atoms with Crippen LogP contribution in [0.15, 0.2) is 42.5 Å². The Labute approximate surface area is 160 Å². The van der Waals surface area contributed by atoms with Crippen molar-refractivity contribution in [2.24, 2.45) is 0 Å². The van der Waals surface area contributed by atoms with E-state index in [2.05, 4.69) is 5.10 Å². The molecule has 1 atom stereocenters. The lowest BCUT2D eigenvalue weighted by Gasteiger charge is -2.29. The summed E-state index contributed by atoms with van der Waals surface area (Å²) in [6, 6.07) is 10.2. The molecule has 8 heteroatoms. The van der Waals surface area contributed by atoms with E-state index >= 15 is 0 Å². The lowest BCUT2D eigenvalue weighted by molar-refractivity contribution is -0.142. The van der Waals surface area contributed by atoms with Crippen LogP contribution in [0.25, 0.3) is 16.6 Å². The average Bonchev–Trinajstić information content (AvgIpc) is 3.05. The first-order chi connectivity index (χ1) is 13.5. The van der Waals surface area contributed by atoms with Gasteiger partial charge in [0.15, 0.2) is 6.10 Å². The van der Waals surface area contributed by atoms with Gasteiger partial charge in [0.1, 0.15) is 17.3 Å². The van der Waals surface area contributed by atoms with Gasteiger partial charge in [-0.15, -0.1) is 5.10 Å². The van der Waals surface area contributed by atoms with Crippen LogP contribution in [0.2, 0.25) is 0 Å². The van der Waals surface area contributed by atoms with E-state index in [9.17, 15) is 13.6 Å². The molecule has 0 saturated carbocycles. The van der Waals surface area contributed by atoms with Gasteiger partial charge < -0.3 is 14.4 Å². The number of hydrogen-bond acceptors (Lipinski definition) is 4. The van der Waals surface area contributed by atoms with Gasteiger partial charge in [0.25, 0.3) is 5.91 Å². The van der Waals surface area contributed by atoms with Crippen molar-refractivity contribution in [2.75, 3.05) is 26.3 Å². The minimum absolute atomic E-state index is 0.0758. The summed E-state index contributed by atoms with van der Waals surface area (Å²) in [5.74, 6) is -1.07. The summed E-state index contributed by atoms with van der Waals surface area (Å²) in [5, 5.41) is 4.69. The Morgan fingerprint density at radius 3 is 2.68 bits per heavy atom. The highest BCUT2D eigenvalue weighted by Crippen LogP contribution is 2.30. The van der Waals surface area contributed by atoms with Crippen LogP contribution in [0.5, 0.6) is 5.88 Å². The number of nitrogens with zero attached hydrogens (tertiary/aromatic N) is 3. The molecule has 6 nitrogen and oxygen atoms in total. The van der Waals surface area contributed by atoms with Crippen molar-refractivity contribution >= 4 is 16.8 Å². The van der Waals surface area contributed by atoms with Crippen LogP contribution >= 0.6 is 0 Å². The summed E-state index contributed by atoms with van der Waals surface area (Å²) in [7, 11) is 0. The largest absolute Gasteiger partial charge is 0.463 e. The molecule has 1 aliphatic rings. The molecule has 0 aliphatic carbocycles. The fraction of sp³-hybridized carbons (Fsp3) is 0.300. The molecule has 1 aliphatic heterocycles. The number of ether oxygens (including phenoxy) is 2. The van der Waals surface area contributed by atoms with Crippen molar-refractivity contribution in [2.45, 2.75) is 13.0 Å². The van der Waals surface area contributed by atoms with E-state index in [4.69, 9.17) is 9.47 Å². The van der Waals surface area contributed by atoms with E-state index in [1.807, 2.05) is 0 Å². The van der Waals surface area contributed by atoms with E-state index in [-0.39, 0.29) is 17.5 Å². The molecule has 2 heterocycles. The van der Waals surface area contributed by atoms with Crippen molar-refractivity contribution in [1.29, 1.82) is 0 Å². The summed E-state index contributed by atoms with van der Waals surface area (Å²) in [4.78, 5) is 14.3. The smallest absolute Gasteiger partial charge is 0.263 e. The number of morpholine rings is 1. The van der Waals surface area contributed by atoms with Gasteiger partial charge in [-0.3, -0.25) is 4.79 Å². The Morgan fingerprint density at radius 1 is 1.18 bits per heavy atom. The fourth-order valence-corrected chi connectivity index (χ4v) is 3.22. The van der Waals surface area contributed by atoms with Gasteiger partial charge in [0, 0.05) is 13.1 Å². The van der Waals surface area contributed by atoms with Gasteiger partial charge in [0.2, 0.25) is 5.88 Å². The third-order valence-corrected chi connectivity index (χ3v) is 4.65. The summed E-state index contributed by atoms with van der Waals surface area (Å²) in [5.41, 5.74) is 0.689. The highest BCUT2D eigenvalue weighted by molar-refractivity contribution is 5.87. The highest BCUT2D eigenvalue weighted by atomic mass is 19.1. The zero-order chi connectivity index (χ0) is 19.7. The van der Waals surface area contributed by atoms with Crippen LogP contribution in [0.1, 0.15) is 6.92 Å². The fourth-order valence-electron chi connectivity index (χ4n) is 3.22. The first-order valence-electron chi connectivity index (χ1n) is 9.01. The summed E-state index contributed by atoms with van der Waals surface area (Å²) < 4.78 is 40.5. The second-order valence-electron chi connectivity index (χ2n) is 6.53. The number of aromatic nitrogens is 2. The van der Waals surface area contributed by atoms with Crippen LogP contribution in [-0.4, -0.2) is 53.0 Å². The van der Waals surface area contributed by atoms with Gasteiger partial charge in [0.05, 0.1) is 24.1 Å². The maximum Gasteiger partial charge on any atom is 0.263 e. The molecule has 0 spiro atoms. The van der Waals surface area contributed by atoms with Gasteiger partial charge in [-0.2, -0.15) is 0 Å². The van der Waals surface area contributed by atoms with Crippen LogP contribution in [0.3, 0.4) is 0 Å². The lowest BCUT2D eigenvalue weighted by Crippen LogP contribution is -2.46. The molecule has 0 N–H and O–H groups in total. The number of hydrogen-bond donors (Lipinski definition) is 0. The molecule has 3 aromatic rings. The summed E-state index contributed by atoms with van der Waals surface area (Å²) in [6.07, 6.45) is -0.825. The lowest BCUT2D eigenvalue weighted by atomic mass is 10.2. The highest BCUT2D eigenvalue weighted by Gasteiger charge is 2.26. The molecule has 0 radical (unpaired) electrons. The molecule has 1 unspecified atom stereocenters. The number of halogens is 2.